The van der Waals surface area contributed by atoms with Crippen molar-refractivity contribution in [3.63, 3.8) is 0 Å². The minimum atomic E-state index is -0.0450. The highest BCUT2D eigenvalue weighted by Gasteiger charge is 2.51. The Morgan fingerprint density at radius 2 is 1.93 bits per heavy atom. The third-order valence-electron chi connectivity index (χ3n) is 3.35. The van der Waals surface area contributed by atoms with E-state index < -0.39 is 0 Å². The van der Waals surface area contributed by atoms with Crippen molar-refractivity contribution >= 4 is 8.58 Å². The first-order chi connectivity index (χ1) is 6.57. The van der Waals surface area contributed by atoms with Crippen LogP contribution in [-0.2, 0) is 4.74 Å². The highest BCUT2D eigenvalue weighted by atomic mass is 31.1. The molecule has 1 aliphatic heterocycles. The molecule has 2 fully saturated rings. The maximum absolute atomic E-state index is 9.26. The summed E-state index contributed by atoms with van der Waals surface area (Å²) < 4.78 is 5.95. The number of ether oxygens (including phenoxy) is 1. The van der Waals surface area contributed by atoms with Crippen molar-refractivity contribution in [2.75, 3.05) is 13.2 Å². The van der Waals surface area contributed by atoms with Crippen LogP contribution in [0.4, 0.5) is 0 Å². The Morgan fingerprint density at radius 3 is 2.50 bits per heavy atom. The summed E-state index contributed by atoms with van der Waals surface area (Å²) in [6.07, 6.45) is 1.11. The zero-order valence-electron chi connectivity index (χ0n) is 8.73. The third-order valence-corrected chi connectivity index (χ3v) is 5.29. The first-order valence-corrected chi connectivity index (χ1v) is 6.32. The van der Waals surface area contributed by atoms with Crippen molar-refractivity contribution in [1.82, 2.24) is 0 Å². The molecular formula is C10H19O3P. The van der Waals surface area contributed by atoms with E-state index in [9.17, 15) is 10.2 Å². The predicted octanol–water partition coefficient (Wildman–Crippen LogP) is 0.789. The Hall–Kier alpha value is 0.310. The molecule has 2 N–H and O–H groups in total. The lowest BCUT2D eigenvalue weighted by atomic mass is 10.1. The Bertz CT molecular complexity index is 199. The van der Waals surface area contributed by atoms with E-state index in [1.807, 2.05) is 0 Å². The lowest BCUT2D eigenvalue weighted by molar-refractivity contribution is -0.0256. The fourth-order valence-electron chi connectivity index (χ4n) is 2.74. The molecule has 0 bridgehead atoms. The van der Waals surface area contributed by atoms with Gasteiger partial charge in [0, 0.05) is 24.8 Å². The number of aliphatic hydroxyl groups excluding tert-OH is 2. The fraction of sp³-hybridized carbons (Fsp3) is 1.00. The van der Waals surface area contributed by atoms with Gasteiger partial charge in [-0.1, -0.05) is 8.58 Å². The van der Waals surface area contributed by atoms with E-state index in [2.05, 4.69) is 13.8 Å². The number of hydrogen-bond donors (Lipinski definition) is 2. The van der Waals surface area contributed by atoms with Gasteiger partial charge in [0.15, 0.2) is 0 Å². The van der Waals surface area contributed by atoms with Crippen LogP contribution in [0, 0.1) is 11.8 Å². The van der Waals surface area contributed by atoms with Crippen molar-refractivity contribution in [3.05, 3.63) is 0 Å². The lowest BCUT2D eigenvalue weighted by Gasteiger charge is -2.22. The van der Waals surface area contributed by atoms with E-state index >= 15 is 0 Å². The number of rotatable bonds is 2. The summed E-state index contributed by atoms with van der Waals surface area (Å²) in [7, 11) is 0.752. The summed E-state index contributed by atoms with van der Waals surface area (Å²) in [4.78, 5) is 0. The summed E-state index contributed by atoms with van der Waals surface area (Å²) in [5, 5.41) is 18.5. The van der Waals surface area contributed by atoms with Crippen LogP contribution < -0.4 is 0 Å². The molecule has 1 saturated heterocycles. The van der Waals surface area contributed by atoms with Crippen LogP contribution >= 0.6 is 8.58 Å². The quantitative estimate of drug-likeness (QED) is 0.674. The van der Waals surface area contributed by atoms with Crippen molar-refractivity contribution in [2.24, 2.45) is 11.8 Å². The zero-order chi connectivity index (χ0) is 10.3. The minimum Gasteiger partial charge on any atom is -0.396 e. The largest absolute Gasteiger partial charge is 0.396 e. The smallest absolute Gasteiger partial charge is 0.0793 e. The standard InChI is InChI=1S/C10H19O3P/c1-10(2)13-8-6(4-11)3-7(5-12)9(8)14-10/h6-9,11-12,14H,3-5H2,1-2H3. The van der Waals surface area contributed by atoms with Gasteiger partial charge >= 0.3 is 0 Å². The van der Waals surface area contributed by atoms with Gasteiger partial charge in [0.05, 0.1) is 11.4 Å². The summed E-state index contributed by atoms with van der Waals surface area (Å²) >= 11 is 0. The zero-order valence-corrected chi connectivity index (χ0v) is 9.73. The molecule has 2 rings (SSSR count). The number of aliphatic hydroxyl groups is 2. The Kier molecular flexibility index (Phi) is 2.87. The summed E-state index contributed by atoms with van der Waals surface area (Å²) in [6.45, 7) is 4.64. The van der Waals surface area contributed by atoms with Crippen molar-refractivity contribution in [2.45, 2.75) is 37.4 Å². The van der Waals surface area contributed by atoms with E-state index in [4.69, 9.17) is 4.74 Å². The molecule has 0 aromatic rings. The van der Waals surface area contributed by atoms with Gasteiger partial charge in [0.1, 0.15) is 0 Å². The van der Waals surface area contributed by atoms with Gasteiger partial charge in [-0.05, 0) is 26.2 Å². The van der Waals surface area contributed by atoms with Crippen molar-refractivity contribution < 1.29 is 14.9 Å². The number of fused-ring (bicyclic) bond motifs is 1. The fourth-order valence-corrected chi connectivity index (χ4v) is 4.73. The molecule has 0 aromatic heterocycles. The van der Waals surface area contributed by atoms with Gasteiger partial charge in [0.2, 0.25) is 0 Å². The molecule has 1 aliphatic carbocycles. The Labute approximate surface area is 86.6 Å². The maximum atomic E-state index is 9.26. The molecule has 5 atom stereocenters. The highest BCUT2D eigenvalue weighted by Crippen LogP contribution is 2.56. The first-order valence-electron chi connectivity index (χ1n) is 5.24. The van der Waals surface area contributed by atoms with Gasteiger partial charge in [-0.3, -0.25) is 0 Å². The second-order valence-electron chi connectivity index (χ2n) is 4.88. The van der Waals surface area contributed by atoms with E-state index in [0.29, 0.717) is 11.6 Å². The molecule has 82 valence electrons. The van der Waals surface area contributed by atoms with Crippen LogP contribution in [0.25, 0.3) is 0 Å². The molecular weight excluding hydrogens is 199 g/mol. The van der Waals surface area contributed by atoms with Gasteiger partial charge in [0.25, 0.3) is 0 Å². The van der Waals surface area contributed by atoms with Crippen LogP contribution in [0.3, 0.4) is 0 Å². The van der Waals surface area contributed by atoms with Crippen LogP contribution in [0.15, 0.2) is 0 Å². The van der Waals surface area contributed by atoms with Gasteiger partial charge < -0.3 is 14.9 Å². The lowest BCUT2D eigenvalue weighted by Crippen LogP contribution is -2.27. The second-order valence-corrected chi connectivity index (χ2v) is 7.04. The molecule has 5 unspecified atom stereocenters. The summed E-state index contributed by atoms with van der Waals surface area (Å²) in [5.41, 5.74) is 0.479. The SMILES string of the molecule is CC1(C)OC2C(CO)CC(CO)C2P1. The van der Waals surface area contributed by atoms with Crippen LogP contribution in [-0.4, -0.2) is 40.5 Å². The molecule has 3 nitrogen and oxygen atoms in total. The molecule has 0 amide bonds. The second kappa shape index (κ2) is 3.71. The minimum absolute atomic E-state index is 0.0450. The Balaban J connectivity index is 2.12. The molecule has 0 aromatic carbocycles. The van der Waals surface area contributed by atoms with Crippen LogP contribution in [0.2, 0.25) is 0 Å². The number of hydrogen-bond acceptors (Lipinski definition) is 3. The Morgan fingerprint density at radius 1 is 1.29 bits per heavy atom. The van der Waals surface area contributed by atoms with Gasteiger partial charge in [-0.25, -0.2) is 0 Å². The summed E-state index contributed by atoms with van der Waals surface area (Å²) in [5.74, 6) is 0.587. The van der Waals surface area contributed by atoms with Crippen molar-refractivity contribution in [1.29, 1.82) is 0 Å². The molecule has 4 heteroatoms. The predicted molar refractivity (Wildman–Crippen MR) is 56.8 cm³/mol. The van der Waals surface area contributed by atoms with Gasteiger partial charge in [-0.2, -0.15) is 0 Å². The maximum Gasteiger partial charge on any atom is 0.0793 e. The van der Waals surface area contributed by atoms with Crippen molar-refractivity contribution in [3.8, 4) is 0 Å². The van der Waals surface area contributed by atoms with Crippen LogP contribution in [0.5, 0.6) is 0 Å². The van der Waals surface area contributed by atoms with E-state index in [1.54, 1.807) is 0 Å². The van der Waals surface area contributed by atoms with E-state index in [-0.39, 0.29) is 30.6 Å². The first kappa shape index (κ1) is 10.8. The monoisotopic (exact) mass is 218 g/mol. The normalized spacial score (nSPS) is 47.1. The van der Waals surface area contributed by atoms with E-state index in [1.165, 1.54) is 0 Å². The summed E-state index contributed by atoms with van der Waals surface area (Å²) in [6, 6.07) is 0. The molecule has 1 heterocycles. The molecule has 0 radical (unpaired) electrons. The molecule has 2 aliphatic rings. The molecule has 0 spiro atoms. The topological polar surface area (TPSA) is 49.7 Å². The van der Waals surface area contributed by atoms with Crippen LogP contribution in [0.1, 0.15) is 20.3 Å². The molecule has 14 heavy (non-hydrogen) atoms. The molecule has 1 saturated carbocycles. The highest BCUT2D eigenvalue weighted by molar-refractivity contribution is 7.41. The van der Waals surface area contributed by atoms with Gasteiger partial charge in [-0.15, -0.1) is 0 Å². The average molecular weight is 218 g/mol. The third kappa shape index (κ3) is 1.71. The average Bonchev–Trinajstić information content (AvgIpc) is 2.57. The van der Waals surface area contributed by atoms with E-state index in [0.717, 1.165) is 15.0 Å².